The van der Waals surface area contributed by atoms with Gasteiger partial charge in [-0.25, -0.2) is 4.39 Å². The van der Waals surface area contributed by atoms with Crippen molar-refractivity contribution in [2.24, 2.45) is 5.73 Å². The molecule has 1 aliphatic rings. The molecule has 3 heteroatoms. The van der Waals surface area contributed by atoms with Crippen molar-refractivity contribution in [2.45, 2.75) is 31.4 Å². The van der Waals surface area contributed by atoms with Crippen molar-refractivity contribution in [3.8, 4) is 0 Å². The van der Waals surface area contributed by atoms with Crippen LogP contribution < -0.4 is 5.73 Å². The predicted octanol–water partition coefficient (Wildman–Crippen LogP) is 0.852. The van der Waals surface area contributed by atoms with Crippen LogP contribution in [-0.2, 0) is 4.74 Å². The van der Waals surface area contributed by atoms with Gasteiger partial charge >= 0.3 is 0 Å². The normalized spacial score (nSPS) is 33.0. The quantitative estimate of drug-likeness (QED) is 0.642. The molecule has 0 saturated heterocycles. The minimum Gasteiger partial charge on any atom is -0.374 e. The summed E-state index contributed by atoms with van der Waals surface area (Å²) in [5.74, 6) is 0. The summed E-state index contributed by atoms with van der Waals surface area (Å²) in [6.07, 6.45) is 3.27. The van der Waals surface area contributed by atoms with E-state index < -0.39 is 6.67 Å². The van der Waals surface area contributed by atoms with E-state index in [1.54, 1.807) is 0 Å². The van der Waals surface area contributed by atoms with E-state index in [9.17, 15) is 4.39 Å². The molecule has 0 radical (unpaired) electrons. The third kappa shape index (κ3) is 1.92. The van der Waals surface area contributed by atoms with Gasteiger partial charge in [-0.15, -0.1) is 0 Å². The summed E-state index contributed by atoms with van der Waals surface area (Å²) in [5.41, 5.74) is 5.67. The Hall–Kier alpha value is -0.150. The van der Waals surface area contributed by atoms with Gasteiger partial charge < -0.3 is 10.5 Å². The van der Waals surface area contributed by atoms with Crippen LogP contribution in [0, 0.1) is 0 Å². The molecule has 0 amide bonds. The van der Waals surface area contributed by atoms with Crippen LogP contribution in [0.2, 0.25) is 0 Å². The van der Waals surface area contributed by atoms with Crippen molar-refractivity contribution in [3.05, 3.63) is 0 Å². The van der Waals surface area contributed by atoms with E-state index in [0.29, 0.717) is 0 Å². The number of halogens is 1. The van der Waals surface area contributed by atoms with Crippen LogP contribution in [0.4, 0.5) is 4.39 Å². The summed E-state index contributed by atoms with van der Waals surface area (Å²) in [6, 6.07) is 0.145. The lowest BCUT2D eigenvalue weighted by molar-refractivity contribution is 0.0397. The van der Waals surface area contributed by atoms with E-state index in [1.165, 1.54) is 0 Å². The first-order chi connectivity index (χ1) is 4.84. The summed E-state index contributed by atoms with van der Waals surface area (Å²) in [4.78, 5) is 0. The first kappa shape index (κ1) is 7.95. The van der Waals surface area contributed by atoms with Crippen LogP contribution in [0.1, 0.15) is 19.3 Å². The van der Waals surface area contributed by atoms with Crippen molar-refractivity contribution in [3.63, 3.8) is 0 Å². The van der Waals surface area contributed by atoms with E-state index in [1.807, 2.05) is 0 Å². The summed E-state index contributed by atoms with van der Waals surface area (Å²) < 4.78 is 16.8. The van der Waals surface area contributed by atoms with Gasteiger partial charge in [-0.05, 0) is 19.3 Å². The second-order valence-electron chi connectivity index (χ2n) is 2.69. The van der Waals surface area contributed by atoms with Crippen molar-refractivity contribution in [1.82, 2.24) is 0 Å². The van der Waals surface area contributed by atoms with E-state index >= 15 is 0 Å². The molecule has 2 N–H and O–H groups in total. The predicted molar refractivity (Wildman–Crippen MR) is 37.5 cm³/mol. The molecule has 1 fully saturated rings. The first-order valence-corrected chi connectivity index (χ1v) is 3.77. The first-order valence-electron chi connectivity index (χ1n) is 3.77. The lowest BCUT2D eigenvalue weighted by Crippen LogP contribution is -2.31. The molecule has 10 heavy (non-hydrogen) atoms. The van der Waals surface area contributed by atoms with Gasteiger partial charge in [0, 0.05) is 6.04 Å². The van der Waals surface area contributed by atoms with E-state index in [-0.39, 0.29) is 18.8 Å². The molecule has 2 nitrogen and oxygen atoms in total. The van der Waals surface area contributed by atoms with E-state index in [0.717, 1.165) is 19.3 Å². The Morgan fingerprint density at radius 3 is 2.80 bits per heavy atom. The number of hydrogen-bond acceptors (Lipinski definition) is 2. The summed E-state index contributed by atoms with van der Waals surface area (Å²) in [6.45, 7) is -0.193. The lowest BCUT2D eigenvalue weighted by atomic mass is 10.2. The van der Waals surface area contributed by atoms with Gasteiger partial charge in [-0.3, -0.25) is 0 Å². The smallest absolute Gasteiger partial charge is 0.113 e. The molecule has 0 aromatic carbocycles. The molecule has 1 rings (SSSR count). The highest BCUT2D eigenvalue weighted by atomic mass is 19.1. The highest BCUT2D eigenvalue weighted by molar-refractivity contribution is 4.80. The minimum absolute atomic E-state index is 0.121. The van der Waals surface area contributed by atoms with Crippen LogP contribution >= 0.6 is 0 Å². The second kappa shape index (κ2) is 3.88. The highest BCUT2D eigenvalue weighted by Crippen LogP contribution is 2.19. The van der Waals surface area contributed by atoms with Gasteiger partial charge in [-0.2, -0.15) is 0 Å². The molecule has 0 aromatic rings. The van der Waals surface area contributed by atoms with Crippen LogP contribution in [-0.4, -0.2) is 25.4 Å². The summed E-state index contributed by atoms with van der Waals surface area (Å²) in [7, 11) is 0. The SMILES string of the molecule is NC1CCCC1OCCF. The Morgan fingerprint density at radius 2 is 2.30 bits per heavy atom. The maximum Gasteiger partial charge on any atom is 0.113 e. The molecule has 0 heterocycles. The van der Waals surface area contributed by atoms with Crippen LogP contribution in [0.5, 0.6) is 0 Å². The van der Waals surface area contributed by atoms with Crippen molar-refractivity contribution in [1.29, 1.82) is 0 Å². The zero-order valence-corrected chi connectivity index (χ0v) is 6.05. The fourth-order valence-corrected chi connectivity index (χ4v) is 1.36. The number of alkyl halides is 1. The number of nitrogens with two attached hydrogens (primary N) is 1. The van der Waals surface area contributed by atoms with Crippen LogP contribution in [0.25, 0.3) is 0 Å². The van der Waals surface area contributed by atoms with Gasteiger partial charge in [0.1, 0.15) is 6.67 Å². The van der Waals surface area contributed by atoms with Crippen molar-refractivity contribution < 1.29 is 9.13 Å². The van der Waals surface area contributed by atoms with Crippen molar-refractivity contribution in [2.75, 3.05) is 13.3 Å². The molecule has 0 aliphatic heterocycles. The average Bonchev–Trinajstić information content (AvgIpc) is 2.31. The maximum atomic E-state index is 11.6. The van der Waals surface area contributed by atoms with Crippen molar-refractivity contribution >= 4 is 0 Å². The Balaban J connectivity index is 2.14. The minimum atomic E-state index is -0.400. The number of rotatable bonds is 3. The Bertz CT molecular complexity index is 99.6. The molecular weight excluding hydrogens is 133 g/mol. The monoisotopic (exact) mass is 147 g/mol. The highest BCUT2D eigenvalue weighted by Gasteiger charge is 2.23. The zero-order chi connectivity index (χ0) is 7.40. The molecule has 0 bridgehead atoms. The van der Waals surface area contributed by atoms with Gasteiger partial charge in [0.05, 0.1) is 12.7 Å². The van der Waals surface area contributed by atoms with E-state index in [2.05, 4.69) is 0 Å². The zero-order valence-electron chi connectivity index (χ0n) is 6.05. The summed E-state index contributed by atoms with van der Waals surface area (Å²) >= 11 is 0. The Labute approximate surface area is 60.5 Å². The molecule has 0 aromatic heterocycles. The Kier molecular flexibility index (Phi) is 3.09. The average molecular weight is 147 g/mol. The van der Waals surface area contributed by atoms with Gasteiger partial charge in [0.25, 0.3) is 0 Å². The van der Waals surface area contributed by atoms with E-state index in [4.69, 9.17) is 10.5 Å². The molecule has 60 valence electrons. The molecule has 2 atom stereocenters. The second-order valence-corrected chi connectivity index (χ2v) is 2.69. The van der Waals surface area contributed by atoms with Gasteiger partial charge in [0.2, 0.25) is 0 Å². The fourth-order valence-electron chi connectivity index (χ4n) is 1.36. The topological polar surface area (TPSA) is 35.2 Å². The van der Waals surface area contributed by atoms with Crippen LogP contribution in [0.15, 0.2) is 0 Å². The largest absolute Gasteiger partial charge is 0.374 e. The molecule has 2 unspecified atom stereocenters. The van der Waals surface area contributed by atoms with Gasteiger partial charge in [-0.1, -0.05) is 0 Å². The maximum absolute atomic E-state index is 11.6. The third-order valence-electron chi connectivity index (χ3n) is 1.91. The molecule has 1 saturated carbocycles. The molecular formula is C7H14FNO. The summed E-state index contributed by atoms with van der Waals surface area (Å²) in [5, 5.41) is 0. The standard InChI is InChI=1S/C7H14FNO/c8-4-5-10-7-3-1-2-6(7)9/h6-7H,1-5,9H2. The van der Waals surface area contributed by atoms with Gasteiger partial charge in [0.15, 0.2) is 0 Å². The Morgan fingerprint density at radius 1 is 1.50 bits per heavy atom. The fraction of sp³-hybridized carbons (Fsp3) is 1.00. The number of hydrogen-bond donors (Lipinski definition) is 1. The third-order valence-corrected chi connectivity index (χ3v) is 1.91. The van der Waals surface area contributed by atoms with Crippen LogP contribution in [0.3, 0.4) is 0 Å². The molecule has 1 aliphatic carbocycles. The molecule has 0 spiro atoms. The number of ether oxygens (including phenoxy) is 1. The lowest BCUT2D eigenvalue weighted by Gasteiger charge is -2.14.